The summed E-state index contributed by atoms with van der Waals surface area (Å²) in [5.74, 6) is 3.03. The molecule has 2 aliphatic rings. The Hall–Kier alpha value is -0.300. The van der Waals surface area contributed by atoms with E-state index in [1.165, 1.54) is 37.7 Å². The van der Waals surface area contributed by atoms with Gasteiger partial charge in [0.2, 0.25) is 0 Å². The van der Waals surface area contributed by atoms with Crippen molar-refractivity contribution in [1.29, 1.82) is 0 Å². The molecule has 2 saturated carbocycles. The van der Waals surface area contributed by atoms with Crippen molar-refractivity contribution in [2.24, 2.45) is 23.5 Å². The average molecular weight is 193 g/mol. The van der Waals surface area contributed by atoms with Crippen LogP contribution in [0, 0.1) is 17.8 Å². The minimum absolute atomic E-state index is 0.310. The molecular weight excluding hydrogens is 170 g/mol. The second kappa shape index (κ2) is 4.06. The Morgan fingerprint density at radius 1 is 1.36 bits per heavy atom. The summed E-state index contributed by atoms with van der Waals surface area (Å²) in [4.78, 5) is 0. The molecule has 0 aromatic carbocycles. The van der Waals surface area contributed by atoms with E-state index in [9.17, 15) is 0 Å². The number of hydrogen-bond donors (Lipinski definition) is 1. The van der Waals surface area contributed by atoms with Crippen LogP contribution >= 0.6 is 0 Å². The van der Waals surface area contributed by atoms with Crippen LogP contribution in [0.4, 0.5) is 0 Å². The molecule has 80 valence electrons. The monoisotopic (exact) mass is 193 g/mol. The predicted molar refractivity (Wildman–Crippen MR) is 61.0 cm³/mol. The fourth-order valence-corrected chi connectivity index (χ4v) is 3.51. The molecule has 2 N–H and O–H groups in total. The van der Waals surface area contributed by atoms with Gasteiger partial charge in [0.15, 0.2) is 0 Å². The standard InChI is InChI=1S/C13H23N/c1-9(2)5-13(14)8-12-7-10-3-4-11(12)6-10/h5,10-13H,3-4,6-8,14H2,1-2H3. The van der Waals surface area contributed by atoms with Gasteiger partial charge in [-0.2, -0.15) is 0 Å². The van der Waals surface area contributed by atoms with E-state index in [0.717, 1.165) is 17.8 Å². The molecule has 0 spiro atoms. The number of allylic oxidation sites excluding steroid dienone is 1. The van der Waals surface area contributed by atoms with E-state index in [1.54, 1.807) is 0 Å². The first-order valence-corrected chi connectivity index (χ1v) is 6.05. The molecule has 0 aromatic heterocycles. The normalized spacial score (nSPS) is 37.2. The molecule has 0 radical (unpaired) electrons. The third kappa shape index (κ3) is 2.20. The van der Waals surface area contributed by atoms with Gasteiger partial charge in [-0.15, -0.1) is 0 Å². The lowest BCUT2D eigenvalue weighted by molar-refractivity contribution is 0.305. The van der Waals surface area contributed by atoms with Crippen LogP contribution in [0.2, 0.25) is 0 Å². The summed E-state index contributed by atoms with van der Waals surface area (Å²) >= 11 is 0. The molecule has 4 atom stereocenters. The van der Waals surface area contributed by atoms with Crippen molar-refractivity contribution in [1.82, 2.24) is 0 Å². The van der Waals surface area contributed by atoms with Crippen molar-refractivity contribution in [2.45, 2.75) is 52.0 Å². The topological polar surface area (TPSA) is 26.0 Å². The lowest BCUT2D eigenvalue weighted by Crippen LogP contribution is -2.24. The second-order valence-corrected chi connectivity index (χ2v) is 5.58. The van der Waals surface area contributed by atoms with Gasteiger partial charge in [0.25, 0.3) is 0 Å². The summed E-state index contributed by atoms with van der Waals surface area (Å²) in [7, 11) is 0. The van der Waals surface area contributed by atoms with E-state index in [1.807, 2.05) is 0 Å². The van der Waals surface area contributed by atoms with Crippen molar-refractivity contribution in [3.63, 3.8) is 0 Å². The molecule has 0 aliphatic heterocycles. The summed E-state index contributed by atoms with van der Waals surface area (Å²) in [6.45, 7) is 4.28. The zero-order valence-corrected chi connectivity index (χ0v) is 9.50. The maximum Gasteiger partial charge on any atom is 0.0228 e. The van der Waals surface area contributed by atoms with Gasteiger partial charge in [0, 0.05) is 6.04 Å². The zero-order valence-electron chi connectivity index (χ0n) is 9.50. The van der Waals surface area contributed by atoms with Crippen molar-refractivity contribution in [3.8, 4) is 0 Å². The summed E-state index contributed by atoms with van der Waals surface area (Å²) in [5, 5.41) is 0. The Bertz CT molecular complexity index is 227. The number of hydrogen-bond acceptors (Lipinski definition) is 1. The quantitative estimate of drug-likeness (QED) is 0.685. The van der Waals surface area contributed by atoms with E-state index in [4.69, 9.17) is 5.73 Å². The molecule has 2 fully saturated rings. The van der Waals surface area contributed by atoms with Gasteiger partial charge in [-0.05, 0) is 57.3 Å². The molecule has 0 saturated heterocycles. The SMILES string of the molecule is CC(C)=CC(N)CC1CC2CCC1C2. The predicted octanol–water partition coefficient (Wildman–Crippen LogP) is 3.11. The highest BCUT2D eigenvalue weighted by molar-refractivity contribution is 5.02. The minimum Gasteiger partial charge on any atom is -0.324 e. The van der Waals surface area contributed by atoms with Crippen LogP contribution in [-0.2, 0) is 0 Å². The molecular formula is C13H23N. The minimum atomic E-state index is 0.310. The number of nitrogens with two attached hydrogens (primary N) is 1. The van der Waals surface area contributed by atoms with Crippen molar-refractivity contribution in [3.05, 3.63) is 11.6 Å². The zero-order chi connectivity index (χ0) is 10.1. The molecule has 2 bridgehead atoms. The summed E-state index contributed by atoms with van der Waals surface area (Å²) in [6, 6.07) is 0.310. The van der Waals surface area contributed by atoms with Crippen molar-refractivity contribution in [2.75, 3.05) is 0 Å². The van der Waals surface area contributed by atoms with Gasteiger partial charge in [-0.1, -0.05) is 18.1 Å². The maximum atomic E-state index is 6.11. The fourth-order valence-electron chi connectivity index (χ4n) is 3.51. The largest absolute Gasteiger partial charge is 0.324 e. The Labute approximate surface area is 87.8 Å². The average Bonchev–Trinajstić information content (AvgIpc) is 2.62. The van der Waals surface area contributed by atoms with Crippen molar-refractivity contribution >= 4 is 0 Å². The Morgan fingerprint density at radius 2 is 2.14 bits per heavy atom. The van der Waals surface area contributed by atoms with E-state index in [0.29, 0.717) is 6.04 Å². The van der Waals surface area contributed by atoms with Crippen LogP contribution < -0.4 is 5.73 Å². The number of rotatable bonds is 3. The molecule has 0 amide bonds. The van der Waals surface area contributed by atoms with Gasteiger partial charge >= 0.3 is 0 Å². The lowest BCUT2D eigenvalue weighted by atomic mass is 9.84. The third-order valence-corrected chi connectivity index (χ3v) is 4.01. The van der Waals surface area contributed by atoms with Crippen LogP contribution in [0.1, 0.15) is 46.0 Å². The third-order valence-electron chi connectivity index (χ3n) is 4.01. The first-order chi connectivity index (χ1) is 6.65. The highest BCUT2D eigenvalue weighted by atomic mass is 14.6. The van der Waals surface area contributed by atoms with Crippen LogP contribution in [0.5, 0.6) is 0 Å². The second-order valence-electron chi connectivity index (χ2n) is 5.58. The Balaban J connectivity index is 1.84. The molecule has 0 heterocycles. The van der Waals surface area contributed by atoms with Gasteiger partial charge in [-0.25, -0.2) is 0 Å². The highest BCUT2D eigenvalue weighted by Crippen LogP contribution is 2.49. The van der Waals surface area contributed by atoms with Gasteiger partial charge in [0.05, 0.1) is 0 Å². The van der Waals surface area contributed by atoms with Crippen LogP contribution in [0.3, 0.4) is 0 Å². The van der Waals surface area contributed by atoms with Crippen LogP contribution in [0.25, 0.3) is 0 Å². The van der Waals surface area contributed by atoms with E-state index < -0.39 is 0 Å². The first-order valence-electron chi connectivity index (χ1n) is 6.05. The summed E-state index contributed by atoms with van der Waals surface area (Å²) < 4.78 is 0. The van der Waals surface area contributed by atoms with E-state index >= 15 is 0 Å². The molecule has 2 aliphatic carbocycles. The molecule has 2 rings (SSSR count). The van der Waals surface area contributed by atoms with Gasteiger partial charge in [0.1, 0.15) is 0 Å². The maximum absolute atomic E-state index is 6.11. The Morgan fingerprint density at radius 3 is 2.64 bits per heavy atom. The summed E-state index contributed by atoms with van der Waals surface area (Å²) in [6.07, 6.45) is 9.41. The Kier molecular flexibility index (Phi) is 2.96. The van der Waals surface area contributed by atoms with E-state index in [2.05, 4.69) is 19.9 Å². The molecule has 4 unspecified atom stereocenters. The van der Waals surface area contributed by atoms with Crippen molar-refractivity contribution < 1.29 is 0 Å². The number of fused-ring (bicyclic) bond motifs is 2. The van der Waals surface area contributed by atoms with Gasteiger partial charge < -0.3 is 5.73 Å². The lowest BCUT2D eigenvalue weighted by Gasteiger charge is -2.23. The fraction of sp³-hybridized carbons (Fsp3) is 0.846. The van der Waals surface area contributed by atoms with E-state index in [-0.39, 0.29) is 0 Å². The summed E-state index contributed by atoms with van der Waals surface area (Å²) in [5.41, 5.74) is 7.47. The molecule has 1 heteroatoms. The van der Waals surface area contributed by atoms with Crippen LogP contribution in [-0.4, -0.2) is 6.04 Å². The molecule has 1 nitrogen and oxygen atoms in total. The highest BCUT2D eigenvalue weighted by Gasteiger charge is 2.39. The van der Waals surface area contributed by atoms with Gasteiger partial charge in [-0.3, -0.25) is 0 Å². The molecule has 0 aromatic rings. The first kappa shape index (κ1) is 10.2. The van der Waals surface area contributed by atoms with Crippen LogP contribution in [0.15, 0.2) is 11.6 Å². The smallest absolute Gasteiger partial charge is 0.0228 e. The molecule has 14 heavy (non-hydrogen) atoms.